The van der Waals surface area contributed by atoms with Gasteiger partial charge in [0.05, 0.1) is 12.1 Å². The second-order valence-electron chi connectivity index (χ2n) is 5.79. The van der Waals surface area contributed by atoms with Crippen LogP contribution in [0.2, 0.25) is 0 Å². The monoisotopic (exact) mass is 337 g/mol. The lowest BCUT2D eigenvalue weighted by atomic mass is 9.95. The van der Waals surface area contributed by atoms with Gasteiger partial charge in [-0.2, -0.15) is 5.10 Å². The lowest BCUT2D eigenvalue weighted by Crippen LogP contribution is -2.18. The molecule has 0 saturated carbocycles. The highest BCUT2D eigenvalue weighted by Gasteiger charge is 2.24. The fourth-order valence-electron chi connectivity index (χ4n) is 2.88. The van der Waals surface area contributed by atoms with Gasteiger partial charge in [-0.15, -0.1) is 0 Å². The first-order valence-electron chi connectivity index (χ1n) is 7.77. The molecule has 7 heteroatoms. The number of nitrogens with one attached hydrogen (secondary N) is 2. The summed E-state index contributed by atoms with van der Waals surface area (Å²) in [6.07, 6.45) is 0.211. The summed E-state index contributed by atoms with van der Waals surface area (Å²) < 4.78 is 10.8. The van der Waals surface area contributed by atoms with E-state index in [2.05, 4.69) is 15.8 Å². The Morgan fingerprint density at radius 3 is 2.60 bits per heavy atom. The van der Waals surface area contributed by atoms with Crippen LogP contribution in [0.5, 0.6) is 11.5 Å². The maximum atomic E-state index is 12.0. The highest BCUT2D eigenvalue weighted by Crippen LogP contribution is 2.36. The Kier molecular flexibility index (Phi) is 3.61. The molecule has 0 aliphatic carbocycles. The zero-order chi connectivity index (χ0) is 17.4. The zero-order valence-corrected chi connectivity index (χ0v) is 13.5. The Labute approximate surface area is 143 Å². The van der Waals surface area contributed by atoms with Crippen molar-refractivity contribution in [3.05, 3.63) is 53.1 Å². The molecule has 2 aromatic carbocycles. The number of hydrogen-bond acceptors (Lipinski definition) is 5. The minimum Gasteiger partial charge on any atom is -0.454 e. The van der Waals surface area contributed by atoms with Crippen molar-refractivity contribution < 1.29 is 19.1 Å². The summed E-state index contributed by atoms with van der Waals surface area (Å²) in [4.78, 5) is 23.1. The SMILES string of the molecule is CC(=O)Nc1ccc(C2=NNC(=O)Cc3cc4c(cc32)OCO4)cc1. The third-order valence-corrected chi connectivity index (χ3v) is 3.98. The van der Waals surface area contributed by atoms with Crippen molar-refractivity contribution in [1.29, 1.82) is 0 Å². The van der Waals surface area contributed by atoms with E-state index < -0.39 is 0 Å². The molecule has 0 saturated heterocycles. The topological polar surface area (TPSA) is 89.0 Å². The molecule has 2 aromatic rings. The molecule has 0 bridgehead atoms. The van der Waals surface area contributed by atoms with E-state index in [-0.39, 0.29) is 25.0 Å². The van der Waals surface area contributed by atoms with Crippen LogP contribution in [0.4, 0.5) is 5.69 Å². The second-order valence-corrected chi connectivity index (χ2v) is 5.79. The molecule has 2 aliphatic rings. The third kappa shape index (κ3) is 2.91. The van der Waals surface area contributed by atoms with Gasteiger partial charge < -0.3 is 14.8 Å². The van der Waals surface area contributed by atoms with Gasteiger partial charge in [0.2, 0.25) is 18.6 Å². The Morgan fingerprint density at radius 1 is 1.16 bits per heavy atom. The van der Waals surface area contributed by atoms with E-state index in [0.29, 0.717) is 22.9 Å². The van der Waals surface area contributed by atoms with Gasteiger partial charge in [0, 0.05) is 23.7 Å². The van der Waals surface area contributed by atoms with E-state index in [4.69, 9.17) is 9.47 Å². The van der Waals surface area contributed by atoms with Crippen LogP contribution in [0.3, 0.4) is 0 Å². The predicted molar refractivity (Wildman–Crippen MR) is 90.8 cm³/mol. The molecule has 7 nitrogen and oxygen atoms in total. The minimum absolute atomic E-state index is 0.134. The Morgan fingerprint density at radius 2 is 1.88 bits per heavy atom. The fourth-order valence-corrected chi connectivity index (χ4v) is 2.88. The van der Waals surface area contributed by atoms with Gasteiger partial charge in [-0.25, -0.2) is 5.43 Å². The summed E-state index contributed by atoms with van der Waals surface area (Å²) in [6, 6.07) is 10.9. The first-order chi connectivity index (χ1) is 12.1. The number of nitrogens with zero attached hydrogens (tertiary/aromatic N) is 1. The standard InChI is InChI=1S/C18H15N3O4/c1-10(22)19-13-4-2-11(3-5-13)18-14-8-16-15(24-9-25-16)6-12(14)7-17(23)20-21-18/h2-6,8H,7,9H2,1H3,(H,19,22)(H,20,23). The van der Waals surface area contributed by atoms with Crippen LogP contribution in [0.1, 0.15) is 23.6 Å². The maximum Gasteiger partial charge on any atom is 0.244 e. The van der Waals surface area contributed by atoms with Gasteiger partial charge in [-0.1, -0.05) is 12.1 Å². The van der Waals surface area contributed by atoms with E-state index in [9.17, 15) is 9.59 Å². The smallest absolute Gasteiger partial charge is 0.244 e. The number of carbonyl (C=O) groups is 2. The molecule has 0 atom stereocenters. The summed E-state index contributed by atoms with van der Waals surface area (Å²) in [5.41, 5.74) is 6.34. The number of anilines is 1. The second kappa shape index (κ2) is 5.94. The van der Waals surface area contributed by atoms with Crippen molar-refractivity contribution >= 4 is 23.2 Å². The molecule has 4 rings (SSSR count). The molecule has 126 valence electrons. The van der Waals surface area contributed by atoms with Crippen LogP contribution in [0.25, 0.3) is 0 Å². The molecule has 0 spiro atoms. The first-order valence-corrected chi connectivity index (χ1v) is 7.77. The number of ether oxygens (including phenoxy) is 2. The van der Waals surface area contributed by atoms with Crippen molar-refractivity contribution in [2.24, 2.45) is 5.10 Å². The number of benzene rings is 2. The molecular weight excluding hydrogens is 322 g/mol. The largest absolute Gasteiger partial charge is 0.454 e. The van der Waals surface area contributed by atoms with E-state index in [1.165, 1.54) is 6.92 Å². The minimum atomic E-state index is -0.190. The van der Waals surface area contributed by atoms with E-state index in [1.54, 1.807) is 12.1 Å². The number of carbonyl (C=O) groups excluding carboxylic acids is 2. The molecule has 2 aliphatic heterocycles. The van der Waals surface area contributed by atoms with Crippen molar-refractivity contribution in [3.8, 4) is 11.5 Å². The predicted octanol–water partition coefficient (Wildman–Crippen LogP) is 1.80. The van der Waals surface area contributed by atoms with Crippen LogP contribution < -0.4 is 20.2 Å². The van der Waals surface area contributed by atoms with Crippen molar-refractivity contribution in [1.82, 2.24) is 5.43 Å². The Balaban J connectivity index is 1.77. The van der Waals surface area contributed by atoms with Gasteiger partial charge in [0.1, 0.15) is 0 Å². The van der Waals surface area contributed by atoms with E-state index in [1.807, 2.05) is 24.3 Å². The van der Waals surface area contributed by atoms with Crippen molar-refractivity contribution in [3.63, 3.8) is 0 Å². The summed E-state index contributed by atoms with van der Waals surface area (Å²) in [7, 11) is 0. The van der Waals surface area contributed by atoms with E-state index >= 15 is 0 Å². The average molecular weight is 337 g/mol. The molecule has 25 heavy (non-hydrogen) atoms. The first kappa shape index (κ1) is 15.2. The molecule has 0 radical (unpaired) electrons. The van der Waals surface area contributed by atoms with Gasteiger partial charge in [-0.05, 0) is 29.8 Å². The van der Waals surface area contributed by atoms with Crippen LogP contribution in [-0.4, -0.2) is 24.3 Å². The quantitative estimate of drug-likeness (QED) is 0.874. The molecule has 2 N–H and O–H groups in total. The summed E-state index contributed by atoms with van der Waals surface area (Å²) in [5.74, 6) is 0.944. The molecule has 0 fully saturated rings. The van der Waals surface area contributed by atoms with Crippen molar-refractivity contribution in [2.45, 2.75) is 13.3 Å². The average Bonchev–Trinajstić information content (AvgIpc) is 2.96. The highest BCUT2D eigenvalue weighted by molar-refractivity contribution is 6.15. The normalized spacial score (nSPS) is 14.9. The fraction of sp³-hybridized carbons (Fsp3) is 0.167. The molecular formula is C18H15N3O4. The number of hydrogen-bond donors (Lipinski definition) is 2. The highest BCUT2D eigenvalue weighted by atomic mass is 16.7. The molecule has 2 amide bonds. The molecule has 2 heterocycles. The zero-order valence-electron chi connectivity index (χ0n) is 13.5. The third-order valence-electron chi connectivity index (χ3n) is 3.98. The summed E-state index contributed by atoms with van der Waals surface area (Å²) >= 11 is 0. The summed E-state index contributed by atoms with van der Waals surface area (Å²) in [5, 5.41) is 6.99. The molecule has 0 aromatic heterocycles. The van der Waals surface area contributed by atoms with Crippen LogP contribution >= 0.6 is 0 Å². The van der Waals surface area contributed by atoms with Gasteiger partial charge in [0.15, 0.2) is 11.5 Å². The van der Waals surface area contributed by atoms with Crippen LogP contribution in [0, 0.1) is 0 Å². The lowest BCUT2D eigenvalue weighted by molar-refractivity contribution is -0.120. The number of amides is 2. The summed E-state index contributed by atoms with van der Waals surface area (Å²) in [6.45, 7) is 1.63. The number of hydrazone groups is 1. The van der Waals surface area contributed by atoms with Crippen LogP contribution in [-0.2, 0) is 16.0 Å². The van der Waals surface area contributed by atoms with Gasteiger partial charge in [0.25, 0.3) is 0 Å². The van der Waals surface area contributed by atoms with Gasteiger partial charge >= 0.3 is 0 Å². The lowest BCUT2D eigenvalue weighted by Gasteiger charge is -2.11. The van der Waals surface area contributed by atoms with Gasteiger partial charge in [-0.3, -0.25) is 9.59 Å². The number of rotatable bonds is 2. The number of fused-ring (bicyclic) bond motifs is 2. The maximum absolute atomic E-state index is 12.0. The Hall–Kier alpha value is -3.35. The van der Waals surface area contributed by atoms with Crippen LogP contribution in [0.15, 0.2) is 41.5 Å². The van der Waals surface area contributed by atoms with Crippen molar-refractivity contribution in [2.75, 3.05) is 12.1 Å². The molecule has 0 unspecified atom stereocenters. The Bertz CT molecular complexity index is 903. The van der Waals surface area contributed by atoms with E-state index in [0.717, 1.165) is 16.7 Å².